The van der Waals surface area contributed by atoms with E-state index in [0.717, 1.165) is 38.8 Å². The van der Waals surface area contributed by atoms with Crippen molar-refractivity contribution in [1.82, 2.24) is 19.9 Å². The molecular weight excluding hydrogens is 370 g/mol. The van der Waals surface area contributed by atoms with E-state index >= 15 is 0 Å². The van der Waals surface area contributed by atoms with E-state index in [4.69, 9.17) is 4.98 Å². The van der Waals surface area contributed by atoms with Crippen molar-refractivity contribution in [3.8, 4) is 0 Å². The zero-order chi connectivity index (χ0) is 20.8. The predicted molar refractivity (Wildman–Crippen MR) is 114 cm³/mol. The number of aryl methyl sites for hydroxylation is 3. The number of fused-ring (bicyclic) bond motifs is 1. The number of nitrogens with one attached hydrogen (secondary N) is 1. The summed E-state index contributed by atoms with van der Waals surface area (Å²) in [4.78, 5) is 32.8. The van der Waals surface area contributed by atoms with Crippen LogP contribution in [0.2, 0.25) is 0 Å². The Morgan fingerprint density at radius 2 is 1.75 bits per heavy atom. The fourth-order valence-electron chi connectivity index (χ4n) is 2.98. The molecule has 0 aliphatic heterocycles. The third kappa shape index (κ3) is 3.90. The fraction of sp³-hybridized carbons (Fsp3) is 0.476. The first-order chi connectivity index (χ1) is 13.0. The summed E-state index contributed by atoms with van der Waals surface area (Å²) in [6.07, 6.45) is 0. The molecule has 0 fully saturated rings. The first kappa shape index (κ1) is 20.3. The molecule has 0 aliphatic carbocycles. The van der Waals surface area contributed by atoms with Crippen LogP contribution in [0.25, 0.3) is 10.2 Å². The molecule has 0 unspecified atom stereocenters. The number of rotatable bonds is 3. The molecule has 3 aromatic rings. The second kappa shape index (κ2) is 7.20. The van der Waals surface area contributed by atoms with Gasteiger partial charge in [-0.3, -0.25) is 4.79 Å². The number of aromatic nitrogens is 4. The number of anilines is 1. The van der Waals surface area contributed by atoms with E-state index in [2.05, 4.69) is 41.0 Å². The van der Waals surface area contributed by atoms with Gasteiger partial charge in [-0.1, -0.05) is 34.6 Å². The summed E-state index contributed by atoms with van der Waals surface area (Å²) in [6, 6.07) is 1.79. The SMILES string of the molecule is Cc1cc(NC(=O)c2sc3nc(C(C)(C)C)nc(C)c3c2C)nc(C(C)C)n1. The molecular formula is C21H27N5OS. The molecule has 0 saturated carbocycles. The first-order valence-corrected chi connectivity index (χ1v) is 10.2. The van der Waals surface area contributed by atoms with Gasteiger partial charge in [-0.2, -0.15) is 0 Å². The second-order valence-corrected chi connectivity index (χ2v) is 9.48. The number of hydrogen-bond donors (Lipinski definition) is 1. The van der Waals surface area contributed by atoms with Crippen LogP contribution in [0, 0.1) is 20.8 Å². The Hall–Kier alpha value is -2.41. The third-order valence-corrected chi connectivity index (χ3v) is 5.66. The van der Waals surface area contributed by atoms with E-state index in [1.165, 1.54) is 11.3 Å². The van der Waals surface area contributed by atoms with Crippen LogP contribution in [0.4, 0.5) is 5.82 Å². The third-order valence-electron chi connectivity index (χ3n) is 4.48. The van der Waals surface area contributed by atoms with Gasteiger partial charge in [0.2, 0.25) is 0 Å². The van der Waals surface area contributed by atoms with Crippen molar-refractivity contribution in [1.29, 1.82) is 0 Å². The summed E-state index contributed by atoms with van der Waals surface area (Å²) in [5.41, 5.74) is 2.50. The largest absolute Gasteiger partial charge is 0.306 e. The minimum atomic E-state index is -0.176. The lowest BCUT2D eigenvalue weighted by atomic mass is 9.95. The first-order valence-electron chi connectivity index (χ1n) is 9.42. The molecule has 0 radical (unpaired) electrons. The van der Waals surface area contributed by atoms with Crippen molar-refractivity contribution >= 4 is 33.3 Å². The minimum absolute atomic E-state index is 0.148. The van der Waals surface area contributed by atoms with Crippen molar-refractivity contribution in [3.63, 3.8) is 0 Å². The normalized spacial score (nSPS) is 12.0. The number of carbonyl (C=O) groups excluding carboxylic acids is 1. The molecule has 1 N–H and O–H groups in total. The van der Waals surface area contributed by atoms with Gasteiger partial charge in [-0.05, 0) is 26.3 Å². The highest BCUT2D eigenvalue weighted by Crippen LogP contribution is 2.33. The van der Waals surface area contributed by atoms with Gasteiger partial charge in [0.1, 0.15) is 22.3 Å². The smallest absolute Gasteiger partial charge is 0.267 e. The summed E-state index contributed by atoms with van der Waals surface area (Å²) in [5, 5.41) is 3.90. The molecule has 0 saturated heterocycles. The fourth-order valence-corrected chi connectivity index (χ4v) is 4.11. The molecule has 28 heavy (non-hydrogen) atoms. The molecule has 0 spiro atoms. The van der Waals surface area contributed by atoms with E-state index in [1.807, 2.05) is 34.6 Å². The summed E-state index contributed by atoms with van der Waals surface area (Å²) in [5.74, 6) is 2.05. The highest BCUT2D eigenvalue weighted by Gasteiger charge is 2.23. The number of amides is 1. The molecule has 3 aromatic heterocycles. The summed E-state index contributed by atoms with van der Waals surface area (Å²) < 4.78 is 0. The van der Waals surface area contributed by atoms with Gasteiger partial charge in [0.15, 0.2) is 0 Å². The van der Waals surface area contributed by atoms with E-state index in [1.54, 1.807) is 6.07 Å². The molecule has 1 amide bonds. The number of carbonyl (C=O) groups is 1. The maximum absolute atomic E-state index is 13.0. The van der Waals surface area contributed by atoms with Gasteiger partial charge in [-0.15, -0.1) is 11.3 Å². The standard InChI is InChI=1S/C21H27N5OS/c1-10(2)17-22-11(3)9-14(24-17)25-18(27)16-12(4)15-13(5)23-20(21(6,7)8)26-19(15)28-16/h9-10H,1-8H3,(H,22,24,25,27). The summed E-state index contributed by atoms with van der Waals surface area (Å²) in [7, 11) is 0. The highest BCUT2D eigenvalue weighted by molar-refractivity contribution is 7.20. The molecule has 148 valence electrons. The molecule has 6 nitrogen and oxygen atoms in total. The lowest BCUT2D eigenvalue weighted by Gasteiger charge is -2.16. The number of nitrogens with zero attached hydrogens (tertiary/aromatic N) is 4. The van der Waals surface area contributed by atoms with Gasteiger partial charge < -0.3 is 5.32 Å². The Morgan fingerprint density at radius 3 is 2.36 bits per heavy atom. The molecule has 0 aliphatic rings. The zero-order valence-corrected chi connectivity index (χ0v) is 18.6. The van der Waals surface area contributed by atoms with Crippen LogP contribution >= 0.6 is 11.3 Å². The minimum Gasteiger partial charge on any atom is -0.306 e. The van der Waals surface area contributed by atoms with E-state index in [-0.39, 0.29) is 17.2 Å². The van der Waals surface area contributed by atoms with Crippen LogP contribution in [0.3, 0.4) is 0 Å². The van der Waals surface area contributed by atoms with E-state index in [9.17, 15) is 4.79 Å². The summed E-state index contributed by atoms with van der Waals surface area (Å²) in [6.45, 7) is 16.2. The van der Waals surface area contributed by atoms with Crippen molar-refractivity contribution in [2.75, 3.05) is 5.32 Å². The van der Waals surface area contributed by atoms with Crippen LogP contribution in [0.1, 0.15) is 78.8 Å². The average molecular weight is 398 g/mol. The van der Waals surface area contributed by atoms with Crippen LogP contribution in [0.15, 0.2) is 6.07 Å². The maximum Gasteiger partial charge on any atom is 0.267 e. The van der Waals surface area contributed by atoms with E-state index in [0.29, 0.717) is 10.7 Å². The Bertz CT molecular complexity index is 1060. The molecule has 3 rings (SSSR count). The lowest BCUT2D eigenvalue weighted by Crippen LogP contribution is -2.16. The van der Waals surface area contributed by atoms with Crippen molar-refractivity contribution < 1.29 is 4.79 Å². The van der Waals surface area contributed by atoms with Crippen LogP contribution < -0.4 is 5.32 Å². The Labute approximate surface area is 169 Å². The predicted octanol–water partition coefficient (Wildman–Crippen LogP) is 5.08. The van der Waals surface area contributed by atoms with Crippen molar-refractivity contribution in [2.24, 2.45) is 0 Å². The molecule has 0 aromatic carbocycles. The average Bonchev–Trinajstić information content (AvgIpc) is 2.91. The van der Waals surface area contributed by atoms with Gasteiger partial charge in [0, 0.05) is 28.5 Å². The van der Waals surface area contributed by atoms with Crippen LogP contribution in [0.5, 0.6) is 0 Å². The number of thiophene rings is 1. The van der Waals surface area contributed by atoms with Gasteiger partial charge in [0.25, 0.3) is 5.91 Å². The quantitative estimate of drug-likeness (QED) is 0.666. The van der Waals surface area contributed by atoms with Crippen LogP contribution in [-0.2, 0) is 5.41 Å². The summed E-state index contributed by atoms with van der Waals surface area (Å²) >= 11 is 1.40. The topological polar surface area (TPSA) is 80.7 Å². The lowest BCUT2D eigenvalue weighted by molar-refractivity contribution is 0.102. The van der Waals surface area contributed by atoms with E-state index < -0.39 is 0 Å². The number of hydrogen-bond acceptors (Lipinski definition) is 6. The van der Waals surface area contributed by atoms with Crippen molar-refractivity contribution in [2.45, 2.75) is 66.7 Å². The highest BCUT2D eigenvalue weighted by atomic mass is 32.1. The van der Waals surface area contributed by atoms with Crippen molar-refractivity contribution in [3.05, 3.63) is 39.5 Å². The molecule has 3 heterocycles. The molecule has 0 atom stereocenters. The van der Waals surface area contributed by atoms with Gasteiger partial charge >= 0.3 is 0 Å². The second-order valence-electron chi connectivity index (χ2n) is 8.48. The Balaban J connectivity index is 2.01. The Kier molecular flexibility index (Phi) is 5.23. The maximum atomic E-state index is 13.0. The molecule has 7 heteroatoms. The zero-order valence-electron chi connectivity index (χ0n) is 17.8. The van der Waals surface area contributed by atoms with Gasteiger partial charge in [0.05, 0.1) is 10.6 Å². The Morgan fingerprint density at radius 1 is 1.07 bits per heavy atom. The van der Waals surface area contributed by atoms with Gasteiger partial charge in [-0.25, -0.2) is 19.9 Å². The monoisotopic (exact) mass is 397 g/mol. The van der Waals surface area contributed by atoms with Crippen LogP contribution in [-0.4, -0.2) is 25.8 Å². The molecule has 0 bridgehead atoms.